The molecule has 0 aliphatic rings. The minimum atomic E-state index is -0.964. The molecule has 4 nitrogen and oxygen atoms in total. The zero-order valence-electron chi connectivity index (χ0n) is 5.75. The number of carbonyl (C=O) groups excluding carboxylic acids is 2. The summed E-state index contributed by atoms with van der Waals surface area (Å²) in [5, 5.41) is 8.13. The summed E-state index contributed by atoms with van der Waals surface area (Å²) in [6.45, 7) is 2.48. The van der Waals surface area contributed by atoms with E-state index in [1.165, 1.54) is 6.92 Å². The van der Waals surface area contributed by atoms with Crippen molar-refractivity contribution in [1.29, 1.82) is 5.26 Å². The quantitative estimate of drug-likeness (QED) is 0.402. The molecule has 4 heteroatoms. The normalized spacial score (nSPS) is 11.3. The predicted octanol–water partition coefficient (Wildman–Crippen LogP) is 0.0307. The molecule has 0 aliphatic carbocycles. The van der Waals surface area contributed by atoms with Gasteiger partial charge < -0.3 is 4.74 Å². The van der Waals surface area contributed by atoms with E-state index in [1.807, 2.05) is 0 Å². The molecule has 0 aromatic rings. The summed E-state index contributed by atoms with van der Waals surface area (Å²) in [4.78, 5) is 20.6. The summed E-state index contributed by atoms with van der Waals surface area (Å²) >= 11 is 0. The van der Waals surface area contributed by atoms with Crippen LogP contribution in [0, 0.1) is 11.3 Å². The van der Waals surface area contributed by atoms with Crippen LogP contribution in [0.5, 0.6) is 0 Å². The molecule has 0 fully saturated rings. The third-order valence-electron chi connectivity index (χ3n) is 0.753. The molecule has 0 aromatic carbocycles. The molecular formula is C6H7NO3. The molecule has 0 radical (unpaired) electrons. The second-order valence-electron chi connectivity index (χ2n) is 1.73. The van der Waals surface area contributed by atoms with Gasteiger partial charge in [-0.2, -0.15) is 5.26 Å². The van der Waals surface area contributed by atoms with Gasteiger partial charge in [-0.15, -0.1) is 0 Å². The lowest BCUT2D eigenvalue weighted by atomic mass is 10.4. The van der Waals surface area contributed by atoms with Crippen LogP contribution in [0.25, 0.3) is 0 Å². The summed E-state index contributed by atoms with van der Waals surface area (Å²) in [5.74, 6) is -1.66. The molecule has 1 unspecified atom stereocenters. The topological polar surface area (TPSA) is 67.2 Å². The molecular weight excluding hydrogens is 134 g/mol. The zero-order valence-corrected chi connectivity index (χ0v) is 5.75. The largest absolute Gasteiger partial charge is 0.442 e. The van der Waals surface area contributed by atoms with Crippen LogP contribution in [0.3, 0.4) is 0 Å². The number of rotatable bonds is 2. The van der Waals surface area contributed by atoms with Gasteiger partial charge in [0, 0.05) is 6.92 Å². The molecule has 0 bridgehead atoms. The second-order valence-corrected chi connectivity index (χ2v) is 1.73. The molecule has 0 rings (SSSR count). The van der Waals surface area contributed by atoms with Crippen molar-refractivity contribution < 1.29 is 14.3 Å². The number of ketones is 1. The molecule has 0 amide bonds. The van der Waals surface area contributed by atoms with E-state index in [1.54, 1.807) is 6.07 Å². The first kappa shape index (κ1) is 8.63. The minimum Gasteiger partial charge on any atom is -0.442 e. The molecule has 0 saturated carbocycles. The van der Waals surface area contributed by atoms with Crippen molar-refractivity contribution >= 4 is 11.8 Å². The van der Waals surface area contributed by atoms with Crippen LogP contribution in [0.4, 0.5) is 0 Å². The number of Topliss-reactive ketones (excluding diaryl/α,β-unsaturated/α-hetero) is 1. The number of esters is 1. The Morgan fingerprint density at radius 1 is 1.60 bits per heavy atom. The van der Waals surface area contributed by atoms with Crippen molar-refractivity contribution in [2.45, 2.75) is 20.0 Å². The van der Waals surface area contributed by atoms with Crippen LogP contribution >= 0.6 is 0 Å². The van der Waals surface area contributed by atoms with Crippen molar-refractivity contribution in [3.8, 4) is 6.07 Å². The van der Waals surface area contributed by atoms with Gasteiger partial charge in [0.25, 0.3) is 0 Å². The Balaban J connectivity index is 3.83. The van der Waals surface area contributed by atoms with Gasteiger partial charge >= 0.3 is 5.97 Å². The molecule has 0 heterocycles. The summed E-state index contributed by atoms with van der Waals surface area (Å²) < 4.78 is 4.31. The van der Waals surface area contributed by atoms with E-state index in [0.717, 1.165) is 6.92 Å². The average molecular weight is 141 g/mol. The monoisotopic (exact) mass is 141 g/mol. The number of nitrogens with zero attached hydrogens (tertiary/aromatic N) is 1. The number of hydrogen-bond acceptors (Lipinski definition) is 4. The Labute approximate surface area is 58.4 Å². The van der Waals surface area contributed by atoms with Crippen LogP contribution in [0.15, 0.2) is 0 Å². The highest BCUT2D eigenvalue weighted by Gasteiger charge is 2.12. The predicted molar refractivity (Wildman–Crippen MR) is 31.8 cm³/mol. The Morgan fingerprint density at radius 2 is 2.10 bits per heavy atom. The van der Waals surface area contributed by atoms with Gasteiger partial charge in [0.05, 0.1) is 0 Å². The first-order chi connectivity index (χ1) is 4.57. The average Bonchev–Trinajstić information content (AvgIpc) is 1.87. The van der Waals surface area contributed by atoms with E-state index in [9.17, 15) is 9.59 Å². The molecule has 54 valence electrons. The fourth-order valence-corrected chi connectivity index (χ4v) is 0.270. The fourth-order valence-electron chi connectivity index (χ4n) is 0.270. The fraction of sp³-hybridized carbons (Fsp3) is 0.500. The van der Waals surface area contributed by atoms with Gasteiger partial charge in [-0.1, -0.05) is 0 Å². The SMILES string of the molecule is CC(=O)C(=O)OC(C)C#N. The van der Waals surface area contributed by atoms with Crippen molar-refractivity contribution in [2.24, 2.45) is 0 Å². The van der Waals surface area contributed by atoms with Gasteiger partial charge in [-0.25, -0.2) is 4.79 Å². The van der Waals surface area contributed by atoms with E-state index in [2.05, 4.69) is 4.74 Å². The molecule has 0 spiro atoms. The first-order valence-electron chi connectivity index (χ1n) is 2.69. The maximum absolute atomic E-state index is 10.4. The highest BCUT2D eigenvalue weighted by Crippen LogP contribution is 1.88. The van der Waals surface area contributed by atoms with E-state index >= 15 is 0 Å². The van der Waals surface area contributed by atoms with Gasteiger partial charge in [0.15, 0.2) is 6.10 Å². The maximum atomic E-state index is 10.4. The first-order valence-corrected chi connectivity index (χ1v) is 2.69. The molecule has 0 aromatic heterocycles. The Morgan fingerprint density at radius 3 is 2.40 bits per heavy atom. The molecule has 0 N–H and O–H groups in total. The highest BCUT2D eigenvalue weighted by molar-refractivity contribution is 6.32. The zero-order chi connectivity index (χ0) is 8.15. The van der Waals surface area contributed by atoms with Crippen molar-refractivity contribution in [1.82, 2.24) is 0 Å². The summed E-state index contributed by atoms with van der Waals surface area (Å²) in [6, 6.07) is 1.66. The lowest BCUT2D eigenvalue weighted by Crippen LogP contribution is -2.19. The van der Waals surface area contributed by atoms with Crippen molar-refractivity contribution in [2.75, 3.05) is 0 Å². The van der Waals surface area contributed by atoms with Gasteiger partial charge in [0.2, 0.25) is 5.78 Å². The van der Waals surface area contributed by atoms with Gasteiger partial charge in [-0.05, 0) is 6.92 Å². The van der Waals surface area contributed by atoms with E-state index in [0.29, 0.717) is 0 Å². The molecule has 10 heavy (non-hydrogen) atoms. The lowest BCUT2D eigenvalue weighted by molar-refractivity contribution is -0.154. The Bertz CT molecular complexity index is 192. The number of ether oxygens (including phenoxy) is 1. The van der Waals surface area contributed by atoms with Crippen molar-refractivity contribution in [3.63, 3.8) is 0 Å². The number of carbonyl (C=O) groups is 2. The number of nitriles is 1. The van der Waals surface area contributed by atoms with E-state index in [4.69, 9.17) is 5.26 Å². The lowest BCUT2D eigenvalue weighted by Gasteiger charge is -2.00. The van der Waals surface area contributed by atoms with Crippen LogP contribution in [0.1, 0.15) is 13.8 Å². The molecule has 1 atom stereocenters. The second kappa shape index (κ2) is 3.62. The van der Waals surface area contributed by atoms with Gasteiger partial charge in [-0.3, -0.25) is 4.79 Å². The Hall–Kier alpha value is -1.37. The summed E-state index contributed by atoms with van der Waals surface area (Å²) in [6.07, 6.45) is -0.851. The third kappa shape index (κ3) is 2.82. The standard InChI is InChI=1S/C6H7NO3/c1-4(3-7)10-6(9)5(2)8/h4H,1-2H3. The maximum Gasteiger partial charge on any atom is 0.375 e. The van der Waals surface area contributed by atoms with E-state index in [-0.39, 0.29) is 0 Å². The third-order valence-corrected chi connectivity index (χ3v) is 0.753. The molecule has 0 saturated heterocycles. The Kier molecular flexibility index (Phi) is 3.12. The summed E-state index contributed by atoms with van der Waals surface area (Å²) in [7, 11) is 0. The smallest absolute Gasteiger partial charge is 0.375 e. The van der Waals surface area contributed by atoms with Crippen LogP contribution in [0.2, 0.25) is 0 Å². The van der Waals surface area contributed by atoms with Crippen LogP contribution in [-0.2, 0) is 14.3 Å². The van der Waals surface area contributed by atoms with Crippen molar-refractivity contribution in [3.05, 3.63) is 0 Å². The van der Waals surface area contributed by atoms with Crippen LogP contribution < -0.4 is 0 Å². The van der Waals surface area contributed by atoms with E-state index < -0.39 is 17.9 Å². The van der Waals surface area contributed by atoms with Crippen LogP contribution in [-0.4, -0.2) is 17.9 Å². The highest BCUT2D eigenvalue weighted by atomic mass is 16.5. The number of hydrogen-bond donors (Lipinski definition) is 0. The van der Waals surface area contributed by atoms with Gasteiger partial charge in [0.1, 0.15) is 6.07 Å². The molecule has 0 aliphatic heterocycles. The summed E-state index contributed by atoms with van der Waals surface area (Å²) in [5.41, 5.74) is 0. The minimum absolute atomic E-state index is 0.692.